The van der Waals surface area contributed by atoms with Gasteiger partial charge in [-0.25, -0.2) is 0 Å². The van der Waals surface area contributed by atoms with Crippen molar-refractivity contribution in [3.63, 3.8) is 0 Å². The minimum Gasteiger partial charge on any atom is -0.508 e. The SMILES string of the molecule is O=C(c1ccc(O)cc1)N1CC=CCC1. The summed E-state index contributed by atoms with van der Waals surface area (Å²) < 4.78 is 0. The molecule has 0 saturated heterocycles. The number of carbonyl (C=O) groups is 1. The summed E-state index contributed by atoms with van der Waals surface area (Å²) in [6, 6.07) is 6.37. The Hall–Kier alpha value is -1.77. The van der Waals surface area contributed by atoms with Crippen LogP contribution in [0.5, 0.6) is 5.75 Å². The highest BCUT2D eigenvalue weighted by atomic mass is 16.3. The van der Waals surface area contributed by atoms with Gasteiger partial charge in [0, 0.05) is 18.7 Å². The van der Waals surface area contributed by atoms with Crippen molar-refractivity contribution < 1.29 is 9.90 Å². The van der Waals surface area contributed by atoms with Crippen molar-refractivity contribution in [2.24, 2.45) is 0 Å². The summed E-state index contributed by atoms with van der Waals surface area (Å²) in [6.45, 7) is 1.45. The molecule has 0 spiro atoms. The Labute approximate surface area is 88.6 Å². The molecule has 1 aromatic rings. The summed E-state index contributed by atoms with van der Waals surface area (Å²) in [5.74, 6) is 0.212. The number of phenols is 1. The first-order chi connectivity index (χ1) is 7.27. The highest BCUT2D eigenvalue weighted by molar-refractivity contribution is 5.94. The molecule has 0 aromatic heterocycles. The summed E-state index contributed by atoms with van der Waals surface area (Å²) in [4.78, 5) is 13.7. The first kappa shape index (κ1) is 9.77. The van der Waals surface area contributed by atoms with Crippen LogP contribution in [-0.4, -0.2) is 29.0 Å². The molecule has 1 N–H and O–H groups in total. The highest BCUT2D eigenvalue weighted by Gasteiger charge is 2.15. The van der Waals surface area contributed by atoms with E-state index < -0.39 is 0 Å². The van der Waals surface area contributed by atoms with Gasteiger partial charge in [-0.1, -0.05) is 12.2 Å². The molecule has 0 atom stereocenters. The fourth-order valence-electron chi connectivity index (χ4n) is 1.61. The van der Waals surface area contributed by atoms with Crippen molar-refractivity contribution in [3.8, 4) is 5.75 Å². The van der Waals surface area contributed by atoms with Crippen LogP contribution in [-0.2, 0) is 0 Å². The Balaban J connectivity index is 2.13. The first-order valence-corrected chi connectivity index (χ1v) is 5.00. The van der Waals surface area contributed by atoms with Crippen LogP contribution >= 0.6 is 0 Å². The Kier molecular flexibility index (Phi) is 2.72. The molecule has 1 heterocycles. The molecule has 0 unspecified atom stereocenters. The van der Waals surface area contributed by atoms with E-state index in [4.69, 9.17) is 5.11 Å². The van der Waals surface area contributed by atoms with E-state index in [9.17, 15) is 4.79 Å². The number of phenolic OH excluding ortho intramolecular Hbond substituents is 1. The quantitative estimate of drug-likeness (QED) is 0.707. The lowest BCUT2D eigenvalue weighted by atomic mass is 10.1. The van der Waals surface area contributed by atoms with Gasteiger partial charge in [0.2, 0.25) is 0 Å². The van der Waals surface area contributed by atoms with Crippen LogP contribution in [0.3, 0.4) is 0 Å². The zero-order valence-corrected chi connectivity index (χ0v) is 8.39. The smallest absolute Gasteiger partial charge is 0.254 e. The maximum Gasteiger partial charge on any atom is 0.254 e. The average molecular weight is 203 g/mol. The van der Waals surface area contributed by atoms with Gasteiger partial charge < -0.3 is 10.0 Å². The molecule has 3 nitrogen and oxygen atoms in total. The van der Waals surface area contributed by atoms with Crippen LogP contribution in [0.25, 0.3) is 0 Å². The minimum atomic E-state index is 0.0272. The molecule has 1 aromatic carbocycles. The van der Waals surface area contributed by atoms with E-state index in [1.165, 1.54) is 12.1 Å². The molecule has 15 heavy (non-hydrogen) atoms. The molecule has 0 bridgehead atoms. The van der Waals surface area contributed by atoms with Gasteiger partial charge in [-0.15, -0.1) is 0 Å². The molecule has 2 rings (SSSR count). The van der Waals surface area contributed by atoms with Crippen LogP contribution in [0.2, 0.25) is 0 Å². The van der Waals surface area contributed by atoms with Crippen LogP contribution < -0.4 is 0 Å². The number of hydrogen-bond acceptors (Lipinski definition) is 2. The molecule has 0 radical (unpaired) electrons. The molecule has 1 amide bonds. The van der Waals surface area contributed by atoms with Gasteiger partial charge in [0.05, 0.1) is 0 Å². The number of aromatic hydroxyl groups is 1. The van der Waals surface area contributed by atoms with Gasteiger partial charge in [0.15, 0.2) is 0 Å². The molecule has 0 aliphatic carbocycles. The molecule has 1 aliphatic heterocycles. The Morgan fingerprint density at radius 1 is 1.20 bits per heavy atom. The van der Waals surface area contributed by atoms with Crippen LogP contribution in [0.4, 0.5) is 0 Å². The predicted octanol–water partition coefficient (Wildman–Crippen LogP) is 1.79. The van der Waals surface area contributed by atoms with E-state index in [-0.39, 0.29) is 11.7 Å². The second-order valence-electron chi connectivity index (χ2n) is 3.56. The summed E-state index contributed by atoms with van der Waals surface area (Å²) in [7, 11) is 0. The third kappa shape index (κ3) is 2.18. The van der Waals surface area contributed by atoms with Crippen LogP contribution in [0.15, 0.2) is 36.4 Å². The summed E-state index contributed by atoms with van der Waals surface area (Å²) >= 11 is 0. The van der Waals surface area contributed by atoms with E-state index >= 15 is 0 Å². The molecule has 78 valence electrons. The second-order valence-corrected chi connectivity index (χ2v) is 3.56. The number of nitrogens with zero attached hydrogens (tertiary/aromatic N) is 1. The number of rotatable bonds is 1. The molecule has 1 aliphatic rings. The fourth-order valence-corrected chi connectivity index (χ4v) is 1.61. The topological polar surface area (TPSA) is 40.5 Å². The Morgan fingerprint density at radius 3 is 2.53 bits per heavy atom. The van der Waals surface area contributed by atoms with E-state index in [2.05, 4.69) is 6.08 Å². The molecule has 3 heteroatoms. The minimum absolute atomic E-state index is 0.0272. The largest absolute Gasteiger partial charge is 0.508 e. The standard InChI is InChI=1S/C12H13NO2/c14-11-6-4-10(5-7-11)12(15)13-8-2-1-3-9-13/h1-2,4-7,14H,3,8-9H2. The third-order valence-electron chi connectivity index (χ3n) is 2.46. The normalized spacial score (nSPS) is 15.3. The van der Waals surface area contributed by atoms with Gasteiger partial charge >= 0.3 is 0 Å². The monoisotopic (exact) mass is 203 g/mol. The Bertz CT molecular complexity index is 381. The van der Waals surface area contributed by atoms with Crippen LogP contribution in [0, 0.1) is 0 Å². The lowest BCUT2D eigenvalue weighted by Gasteiger charge is -2.23. The molecule has 0 fully saturated rings. The lowest BCUT2D eigenvalue weighted by molar-refractivity contribution is 0.0771. The third-order valence-corrected chi connectivity index (χ3v) is 2.46. The van der Waals surface area contributed by atoms with Crippen molar-refractivity contribution in [3.05, 3.63) is 42.0 Å². The van der Waals surface area contributed by atoms with E-state index in [0.29, 0.717) is 12.1 Å². The molecule has 0 saturated carbocycles. The van der Waals surface area contributed by atoms with Crippen molar-refractivity contribution in [1.29, 1.82) is 0 Å². The predicted molar refractivity (Wildman–Crippen MR) is 57.8 cm³/mol. The highest BCUT2D eigenvalue weighted by Crippen LogP contribution is 2.13. The maximum absolute atomic E-state index is 11.9. The Morgan fingerprint density at radius 2 is 1.93 bits per heavy atom. The zero-order chi connectivity index (χ0) is 10.7. The van der Waals surface area contributed by atoms with E-state index in [1.54, 1.807) is 17.0 Å². The number of benzene rings is 1. The summed E-state index contributed by atoms with van der Waals surface area (Å²) in [5.41, 5.74) is 0.628. The van der Waals surface area contributed by atoms with Gasteiger partial charge in [0.1, 0.15) is 5.75 Å². The molecular weight excluding hydrogens is 190 g/mol. The summed E-state index contributed by atoms with van der Waals surface area (Å²) in [5, 5.41) is 9.11. The van der Waals surface area contributed by atoms with Gasteiger partial charge in [-0.05, 0) is 30.7 Å². The van der Waals surface area contributed by atoms with Gasteiger partial charge in [-0.2, -0.15) is 0 Å². The van der Waals surface area contributed by atoms with E-state index in [0.717, 1.165) is 13.0 Å². The van der Waals surface area contributed by atoms with Crippen LogP contribution in [0.1, 0.15) is 16.8 Å². The summed E-state index contributed by atoms with van der Waals surface area (Å²) in [6.07, 6.45) is 5.01. The fraction of sp³-hybridized carbons (Fsp3) is 0.250. The van der Waals surface area contributed by atoms with Crippen molar-refractivity contribution in [2.45, 2.75) is 6.42 Å². The van der Waals surface area contributed by atoms with Gasteiger partial charge in [-0.3, -0.25) is 4.79 Å². The van der Waals surface area contributed by atoms with Gasteiger partial charge in [0.25, 0.3) is 5.91 Å². The molecular formula is C12H13NO2. The number of hydrogen-bond donors (Lipinski definition) is 1. The number of amides is 1. The average Bonchev–Trinajstić information content (AvgIpc) is 2.30. The van der Waals surface area contributed by atoms with Crippen molar-refractivity contribution in [1.82, 2.24) is 4.90 Å². The first-order valence-electron chi connectivity index (χ1n) is 5.00. The van der Waals surface area contributed by atoms with Crippen molar-refractivity contribution in [2.75, 3.05) is 13.1 Å². The second kappa shape index (κ2) is 4.17. The maximum atomic E-state index is 11.9. The lowest BCUT2D eigenvalue weighted by Crippen LogP contribution is -2.33. The number of carbonyl (C=O) groups excluding carboxylic acids is 1. The van der Waals surface area contributed by atoms with E-state index in [1.807, 2.05) is 6.08 Å². The zero-order valence-electron chi connectivity index (χ0n) is 8.39. The van der Waals surface area contributed by atoms with Crippen molar-refractivity contribution >= 4 is 5.91 Å².